The van der Waals surface area contributed by atoms with E-state index in [1.165, 1.54) is 11.3 Å². The summed E-state index contributed by atoms with van der Waals surface area (Å²) < 4.78 is 0. The number of hydrogen-bond donors (Lipinski definition) is 2. The lowest BCUT2D eigenvalue weighted by molar-refractivity contribution is 0.422. The monoisotopic (exact) mass is 253 g/mol. The van der Waals surface area contributed by atoms with E-state index in [2.05, 4.69) is 16.4 Å². The fourth-order valence-electron chi connectivity index (χ4n) is 1.50. The summed E-state index contributed by atoms with van der Waals surface area (Å²) in [6.07, 6.45) is 3.04. The molecule has 94 valence electrons. The van der Waals surface area contributed by atoms with Gasteiger partial charge in [0.1, 0.15) is 0 Å². The molecule has 0 amide bonds. The maximum absolute atomic E-state index is 10.9. The van der Waals surface area contributed by atoms with E-state index in [1.54, 1.807) is 0 Å². The summed E-state index contributed by atoms with van der Waals surface area (Å²) in [5, 5.41) is 14.0. The van der Waals surface area contributed by atoms with Crippen molar-refractivity contribution >= 4 is 11.3 Å². The summed E-state index contributed by atoms with van der Waals surface area (Å²) in [6.45, 7) is 5.56. The van der Waals surface area contributed by atoms with Crippen LogP contribution in [0.25, 0.3) is 0 Å². The third kappa shape index (κ3) is 5.66. The van der Waals surface area contributed by atoms with Crippen LogP contribution >= 0.6 is 11.3 Å². The molecule has 2 N–H and O–H groups in total. The fourth-order valence-corrected chi connectivity index (χ4v) is 2.08. The second-order valence-electron chi connectivity index (χ2n) is 4.80. The van der Waals surface area contributed by atoms with Crippen LogP contribution in [0, 0.1) is 16.7 Å². The lowest BCUT2D eigenvalue weighted by Gasteiger charge is -2.14. The van der Waals surface area contributed by atoms with Gasteiger partial charge in [-0.25, -0.2) is 0 Å². The van der Waals surface area contributed by atoms with Gasteiger partial charge in [-0.15, -0.1) is 0 Å². The molecule has 1 aromatic heterocycles. The van der Waals surface area contributed by atoms with Crippen molar-refractivity contribution in [2.75, 3.05) is 6.54 Å². The van der Waals surface area contributed by atoms with Crippen LogP contribution in [0.2, 0.25) is 0 Å². The first-order chi connectivity index (χ1) is 8.03. The van der Waals surface area contributed by atoms with Gasteiger partial charge in [0.15, 0.2) is 0 Å². The number of nitrogens with zero attached hydrogens (tertiary/aromatic N) is 1. The largest absolute Gasteiger partial charge is 0.315 e. The molecule has 0 aliphatic rings. The predicted octanol–water partition coefficient (Wildman–Crippen LogP) is 2.25. The number of rotatable bonds is 7. The molecule has 0 aliphatic carbocycles. The summed E-state index contributed by atoms with van der Waals surface area (Å²) in [5.74, 6) is 0. The van der Waals surface area contributed by atoms with Crippen LogP contribution in [-0.2, 0) is 6.54 Å². The van der Waals surface area contributed by atoms with Crippen molar-refractivity contribution in [3.05, 3.63) is 20.7 Å². The Morgan fingerprint density at radius 2 is 2.29 bits per heavy atom. The third-order valence-corrected chi connectivity index (χ3v) is 3.31. The minimum atomic E-state index is -0.210. The van der Waals surface area contributed by atoms with Gasteiger partial charge < -0.3 is 10.3 Å². The van der Waals surface area contributed by atoms with Crippen LogP contribution in [-0.4, -0.2) is 11.5 Å². The molecule has 0 aromatic carbocycles. The molecule has 0 radical (unpaired) electrons. The van der Waals surface area contributed by atoms with E-state index in [1.807, 2.05) is 19.2 Å². The zero-order chi connectivity index (χ0) is 12.7. The average Bonchev–Trinajstić information content (AvgIpc) is 2.69. The quantitative estimate of drug-likeness (QED) is 0.732. The number of nitrogens with one attached hydrogen (secondary N) is 2. The normalized spacial score (nSPS) is 11.4. The molecule has 0 saturated carbocycles. The second kappa shape index (κ2) is 6.58. The first kappa shape index (κ1) is 13.9. The number of nitriles is 1. The highest BCUT2D eigenvalue weighted by atomic mass is 32.1. The minimum Gasteiger partial charge on any atom is -0.315 e. The van der Waals surface area contributed by atoms with Crippen LogP contribution < -0.4 is 10.2 Å². The van der Waals surface area contributed by atoms with Crippen molar-refractivity contribution in [2.45, 2.75) is 39.7 Å². The Kier molecular flexibility index (Phi) is 5.39. The minimum absolute atomic E-state index is 0.00225. The number of hydrogen-bond acceptors (Lipinski definition) is 4. The summed E-state index contributed by atoms with van der Waals surface area (Å²) in [6, 6.07) is 2.30. The molecule has 5 heteroatoms. The molecular weight excluding hydrogens is 234 g/mol. The molecule has 0 spiro atoms. The SMILES string of the molecule is CC(C)(C#N)CCCCNCc1csc(=O)[nH]1. The van der Waals surface area contributed by atoms with Gasteiger partial charge in [-0.05, 0) is 33.2 Å². The maximum atomic E-state index is 10.9. The van der Waals surface area contributed by atoms with Gasteiger partial charge in [-0.1, -0.05) is 17.8 Å². The average molecular weight is 253 g/mol. The molecule has 0 aliphatic heterocycles. The van der Waals surface area contributed by atoms with Gasteiger partial charge in [0.05, 0.1) is 11.5 Å². The van der Waals surface area contributed by atoms with Crippen LogP contribution in [0.5, 0.6) is 0 Å². The van der Waals surface area contributed by atoms with E-state index < -0.39 is 0 Å². The molecule has 0 atom stereocenters. The van der Waals surface area contributed by atoms with E-state index in [0.717, 1.165) is 31.5 Å². The van der Waals surface area contributed by atoms with Crippen molar-refractivity contribution in [1.29, 1.82) is 5.26 Å². The summed E-state index contributed by atoms with van der Waals surface area (Å²) in [7, 11) is 0. The van der Waals surface area contributed by atoms with Crippen molar-refractivity contribution in [2.24, 2.45) is 5.41 Å². The first-order valence-electron chi connectivity index (χ1n) is 5.82. The van der Waals surface area contributed by atoms with Crippen LogP contribution in [0.15, 0.2) is 10.2 Å². The number of thiazole rings is 1. The van der Waals surface area contributed by atoms with E-state index in [-0.39, 0.29) is 10.3 Å². The van der Waals surface area contributed by atoms with E-state index in [0.29, 0.717) is 6.54 Å². The molecule has 17 heavy (non-hydrogen) atoms. The van der Waals surface area contributed by atoms with Gasteiger partial charge in [0.2, 0.25) is 0 Å². The number of aromatic nitrogens is 1. The highest BCUT2D eigenvalue weighted by Crippen LogP contribution is 2.21. The molecule has 0 saturated heterocycles. The van der Waals surface area contributed by atoms with Crippen LogP contribution in [0.4, 0.5) is 0 Å². The zero-order valence-electron chi connectivity index (χ0n) is 10.4. The lowest BCUT2D eigenvalue weighted by Crippen LogP contribution is -2.16. The second-order valence-corrected chi connectivity index (χ2v) is 5.65. The molecule has 4 nitrogen and oxygen atoms in total. The van der Waals surface area contributed by atoms with Gasteiger partial charge in [0.25, 0.3) is 0 Å². The topological polar surface area (TPSA) is 68.7 Å². The van der Waals surface area contributed by atoms with Crippen molar-refractivity contribution in [3.8, 4) is 6.07 Å². The molecule has 1 rings (SSSR count). The Morgan fingerprint density at radius 1 is 1.53 bits per heavy atom. The molecule has 1 aromatic rings. The molecule has 0 fully saturated rings. The zero-order valence-corrected chi connectivity index (χ0v) is 11.2. The smallest absolute Gasteiger partial charge is 0.304 e. The van der Waals surface area contributed by atoms with E-state index >= 15 is 0 Å². The first-order valence-corrected chi connectivity index (χ1v) is 6.70. The Balaban J connectivity index is 2.06. The predicted molar refractivity (Wildman–Crippen MR) is 69.9 cm³/mol. The molecule has 0 unspecified atom stereocenters. The summed E-state index contributed by atoms with van der Waals surface area (Å²) in [4.78, 5) is 13.6. The van der Waals surface area contributed by atoms with E-state index in [4.69, 9.17) is 5.26 Å². The Labute approximate surface area is 106 Å². The molecule has 1 heterocycles. The van der Waals surface area contributed by atoms with Gasteiger partial charge >= 0.3 is 4.87 Å². The van der Waals surface area contributed by atoms with Crippen LogP contribution in [0.3, 0.4) is 0 Å². The van der Waals surface area contributed by atoms with Crippen LogP contribution in [0.1, 0.15) is 38.8 Å². The van der Waals surface area contributed by atoms with E-state index in [9.17, 15) is 4.79 Å². The highest BCUT2D eigenvalue weighted by molar-refractivity contribution is 7.07. The molecule has 0 bridgehead atoms. The standard InChI is InChI=1S/C12H19N3OS/c1-12(2,9-13)5-3-4-6-14-7-10-8-17-11(16)15-10/h8,14H,3-7H2,1-2H3,(H,15,16). The highest BCUT2D eigenvalue weighted by Gasteiger charge is 2.15. The maximum Gasteiger partial charge on any atom is 0.304 e. The molecular formula is C12H19N3OS. The third-order valence-electron chi connectivity index (χ3n) is 2.59. The number of aromatic amines is 1. The van der Waals surface area contributed by atoms with Crippen molar-refractivity contribution in [3.63, 3.8) is 0 Å². The Hall–Kier alpha value is -1.12. The van der Waals surface area contributed by atoms with Crippen molar-refractivity contribution < 1.29 is 0 Å². The van der Waals surface area contributed by atoms with Crippen molar-refractivity contribution in [1.82, 2.24) is 10.3 Å². The summed E-state index contributed by atoms with van der Waals surface area (Å²) >= 11 is 1.19. The van der Waals surface area contributed by atoms with Gasteiger partial charge in [-0.3, -0.25) is 4.79 Å². The van der Waals surface area contributed by atoms with Gasteiger partial charge in [0, 0.05) is 17.6 Å². The lowest BCUT2D eigenvalue weighted by atomic mass is 9.89. The Morgan fingerprint density at radius 3 is 2.88 bits per heavy atom. The van der Waals surface area contributed by atoms with Gasteiger partial charge in [-0.2, -0.15) is 5.26 Å². The Bertz CT molecular complexity index is 427. The fraction of sp³-hybridized carbons (Fsp3) is 0.667. The summed E-state index contributed by atoms with van der Waals surface area (Å²) in [5.41, 5.74) is 0.732. The number of H-pyrrole nitrogens is 1. The number of unbranched alkanes of at least 4 members (excludes halogenated alkanes) is 1.